The third kappa shape index (κ3) is 5.11. The first-order valence-electron chi connectivity index (χ1n) is 5.42. The van der Waals surface area contributed by atoms with E-state index >= 15 is 0 Å². The second-order valence-electron chi connectivity index (χ2n) is 3.76. The number of hydrogen-bond acceptors (Lipinski definition) is 5. The van der Waals surface area contributed by atoms with Crippen molar-refractivity contribution in [3.05, 3.63) is 0 Å². The van der Waals surface area contributed by atoms with Gasteiger partial charge >= 0.3 is 5.97 Å². The van der Waals surface area contributed by atoms with E-state index in [0.717, 1.165) is 39.3 Å². The van der Waals surface area contributed by atoms with E-state index in [9.17, 15) is 4.79 Å². The highest BCUT2D eigenvalue weighted by Crippen LogP contribution is 1.98. The number of nitrogens with two attached hydrogens (primary N) is 1. The molecular weight excluding hydrogens is 196 g/mol. The van der Waals surface area contributed by atoms with E-state index in [2.05, 4.69) is 4.90 Å². The second kappa shape index (κ2) is 6.76. The van der Waals surface area contributed by atoms with E-state index in [1.165, 1.54) is 0 Å². The highest BCUT2D eigenvalue weighted by molar-refractivity contribution is 5.74. The number of esters is 1. The Hall–Kier alpha value is -0.650. The van der Waals surface area contributed by atoms with Gasteiger partial charge < -0.3 is 15.2 Å². The second-order valence-corrected chi connectivity index (χ2v) is 3.76. The van der Waals surface area contributed by atoms with Crippen LogP contribution in [-0.4, -0.2) is 56.4 Å². The molecule has 0 aromatic heterocycles. The van der Waals surface area contributed by atoms with E-state index in [-0.39, 0.29) is 5.97 Å². The molecule has 1 fully saturated rings. The quantitative estimate of drug-likeness (QED) is 0.500. The normalized spacial score (nSPS) is 19.9. The van der Waals surface area contributed by atoms with E-state index < -0.39 is 6.04 Å². The molecule has 0 aliphatic carbocycles. The monoisotopic (exact) mass is 216 g/mol. The zero-order valence-electron chi connectivity index (χ0n) is 9.28. The summed E-state index contributed by atoms with van der Waals surface area (Å²) < 4.78 is 10.2. The van der Waals surface area contributed by atoms with Crippen LogP contribution in [0.1, 0.15) is 13.3 Å². The van der Waals surface area contributed by atoms with Gasteiger partial charge in [-0.1, -0.05) is 0 Å². The molecular formula is C10H20N2O3. The molecule has 1 atom stereocenters. The highest BCUT2D eigenvalue weighted by atomic mass is 16.5. The summed E-state index contributed by atoms with van der Waals surface area (Å²) in [6.07, 6.45) is 0.860. The Balaban J connectivity index is 1.98. The predicted octanol–water partition coefficient (Wildman–Crippen LogP) is -0.401. The maximum absolute atomic E-state index is 11.0. The van der Waals surface area contributed by atoms with Gasteiger partial charge in [0.05, 0.1) is 19.8 Å². The molecule has 0 amide bonds. The molecule has 1 rings (SSSR count). The molecule has 15 heavy (non-hydrogen) atoms. The van der Waals surface area contributed by atoms with Crippen molar-refractivity contribution in [2.75, 3.05) is 39.5 Å². The predicted molar refractivity (Wildman–Crippen MR) is 56.5 cm³/mol. The zero-order valence-corrected chi connectivity index (χ0v) is 9.28. The number of morpholine rings is 1. The van der Waals surface area contributed by atoms with Gasteiger partial charge in [0.15, 0.2) is 0 Å². The Kier molecular flexibility index (Phi) is 5.60. The first-order chi connectivity index (χ1) is 7.20. The van der Waals surface area contributed by atoms with E-state index in [4.69, 9.17) is 15.2 Å². The Morgan fingerprint density at radius 2 is 2.20 bits per heavy atom. The maximum Gasteiger partial charge on any atom is 0.322 e. The van der Waals surface area contributed by atoms with Crippen molar-refractivity contribution in [2.24, 2.45) is 5.73 Å². The fourth-order valence-corrected chi connectivity index (χ4v) is 1.42. The summed E-state index contributed by atoms with van der Waals surface area (Å²) in [5, 5.41) is 0. The van der Waals surface area contributed by atoms with Crippen LogP contribution in [0.5, 0.6) is 0 Å². The van der Waals surface area contributed by atoms with Crippen LogP contribution in [0, 0.1) is 0 Å². The van der Waals surface area contributed by atoms with Crippen LogP contribution in [0.3, 0.4) is 0 Å². The summed E-state index contributed by atoms with van der Waals surface area (Å²) in [4.78, 5) is 13.3. The molecule has 0 aromatic carbocycles. The molecule has 0 radical (unpaired) electrons. The van der Waals surface area contributed by atoms with Crippen LogP contribution >= 0.6 is 0 Å². The van der Waals surface area contributed by atoms with Crippen molar-refractivity contribution < 1.29 is 14.3 Å². The minimum absolute atomic E-state index is 0.322. The van der Waals surface area contributed by atoms with Gasteiger partial charge in [0.25, 0.3) is 0 Å². The van der Waals surface area contributed by atoms with Crippen LogP contribution in [0.15, 0.2) is 0 Å². The van der Waals surface area contributed by atoms with Crippen molar-refractivity contribution in [1.82, 2.24) is 4.90 Å². The molecule has 1 unspecified atom stereocenters. The number of carbonyl (C=O) groups excluding carboxylic acids is 1. The van der Waals surface area contributed by atoms with Crippen molar-refractivity contribution >= 4 is 5.97 Å². The fraction of sp³-hybridized carbons (Fsp3) is 0.900. The fourth-order valence-electron chi connectivity index (χ4n) is 1.42. The van der Waals surface area contributed by atoms with Gasteiger partial charge in [-0.3, -0.25) is 9.69 Å². The van der Waals surface area contributed by atoms with Crippen LogP contribution in [0.4, 0.5) is 0 Å². The van der Waals surface area contributed by atoms with Crippen molar-refractivity contribution in [3.8, 4) is 0 Å². The van der Waals surface area contributed by atoms with Crippen molar-refractivity contribution in [3.63, 3.8) is 0 Å². The summed E-state index contributed by atoms with van der Waals surface area (Å²) in [7, 11) is 0. The Morgan fingerprint density at radius 3 is 2.80 bits per heavy atom. The average molecular weight is 216 g/mol. The van der Waals surface area contributed by atoms with Crippen molar-refractivity contribution in [1.29, 1.82) is 0 Å². The number of ether oxygens (including phenoxy) is 2. The number of hydrogen-bond donors (Lipinski definition) is 1. The lowest BCUT2D eigenvalue weighted by atomic mass is 10.3. The molecule has 0 saturated carbocycles. The molecule has 1 aliphatic heterocycles. The number of carbonyl (C=O) groups is 1. The minimum atomic E-state index is -0.520. The number of nitrogens with zero attached hydrogens (tertiary/aromatic N) is 1. The standard InChI is InChI=1S/C10H20N2O3/c1-9(11)10(13)15-6-2-3-12-4-7-14-8-5-12/h9H,2-8,11H2,1H3. The lowest BCUT2D eigenvalue weighted by Crippen LogP contribution is -2.37. The SMILES string of the molecule is CC(N)C(=O)OCCCN1CCOCC1. The molecule has 1 saturated heterocycles. The molecule has 0 bridgehead atoms. The van der Waals surface area contributed by atoms with Crippen LogP contribution in [-0.2, 0) is 14.3 Å². The average Bonchev–Trinajstić information content (AvgIpc) is 2.25. The smallest absolute Gasteiger partial charge is 0.322 e. The van der Waals surface area contributed by atoms with Gasteiger partial charge in [0, 0.05) is 19.6 Å². The largest absolute Gasteiger partial charge is 0.464 e. The van der Waals surface area contributed by atoms with Gasteiger partial charge in [0.2, 0.25) is 0 Å². The molecule has 88 valence electrons. The lowest BCUT2D eigenvalue weighted by molar-refractivity contribution is -0.145. The first-order valence-corrected chi connectivity index (χ1v) is 5.42. The highest BCUT2D eigenvalue weighted by Gasteiger charge is 2.11. The molecule has 5 heteroatoms. The van der Waals surface area contributed by atoms with Crippen molar-refractivity contribution in [2.45, 2.75) is 19.4 Å². The third-order valence-electron chi connectivity index (χ3n) is 2.34. The molecule has 0 spiro atoms. The van der Waals surface area contributed by atoms with Gasteiger partial charge in [-0.15, -0.1) is 0 Å². The summed E-state index contributed by atoms with van der Waals surface area (Å²) in [5.74, 6) is -0.322. The van der Waals surface area contributed by atoms with Crippen LogP contribution in [0.25, 0.3) is 0 Å². The summed E-state index contributed by atoms with van der Waals surface area (Å²) in [6.45, 7) is 6.60. The Bertz CT molecular complexity index is 191. The first kappa shape index (κ1) is 12.4. The third-order valence-corrected chi connectivity index (χ3v) is 2.34. The summed E-state index contributed by atoms with van der Waals surface area (Å²) in [6, 6.07) is -0.520. The van der Waals surface area contributed by atoms with Crippen LogP contribution < -0.4 is 5.73 Å². The number of rotatable bonds is 5. The van der Waals surface area contributed by atoms with Gasteiger partial charge in [-0.2, -0.15) is 0 Å². The minimum Gasteiger partial charge on any atom is -0.464 e. The van der Waals surface area contributed by atoms with Crippen LogP contribution in [0.2, 0.25) is 0 Å². The molecule has 1 aliphatic rings. The summed E-state index contributed by atoms with van der Waals surface area (Å²) >= 11 is 0. The van der Waals surface area contributed by atoms with Gasteiger partial charge in [0.1, 0.15) is 6.04 Å². The Labute approximate surface area is 90.5 Å². The van der Waals surface area contributed by atoms with Gasteiger partial charge in [-0.05, 0) is 13.3 Å². The van der Waals surface area contributed by atoms with E-state index in [1.54, 1.807) is 6.92 Å². The molecule has 0 aromatic rings. The zero-order chi connectivity index (χ0) is 11.1. The van der Waals surface area contributed by atoms with E-state index in [0.29, 0.717) is 6.61 Å². The maximum atomic E-state index is 11.0. The molecule has 2 N–H and O–H groups in total. The Morgan fingerprint density at radius 1 is 1.53 bits per heavy atom. The summed E-state index contributed by atoms with van der Waals surface area (Å²) in [5.41, 5.74) is 5.36. The topological polar surface area (TPSA) is 64.8 Å². The molecule has 5 nitrogen and oxygen atoms in total. The van der Waals surface area contributed by atoms with E-state index in [1.807, 2.05) is 0 Å². The lowest BCUT2D eigenvalue weighted by Gasteiger charge is -2.26. The molecule has 1 heterocycles. The van der Waals surface area contributed by atoms with Gasteiger partial charge in [-0.25, -0.2) is 0 Å².